The first-order valence-electron chi connectivity index (χ1n) is 18.7. The summed E-state index contributed by atoms with van der Waals surface area (Å²) in [7, 11) is 0. The van der Waals surface area contributed by atoms with Crippen molar-refractivity contribution in [2.45, 2.75) is 133 Å². The Hall–Kier alpha value is -4.48. The molecule has 0 amide bonds. The summed E-state index contributed by atoms with van der Waals surface area (Å²) < 4.78 is 470. The number of ketones is 2. The molecule has 3 aliphatic rings. The van der Waals surface area contributed by atoms with E-state index in [1.54, 1.807) is 0 Å². The second-order valence-corrected chi connectivity index (χ2v) is 15.7. The molecule has 1 fully saturated rings. The fraction of sp³-hybridized carbons (Fsp3) is 0.611. The quantitative estimate of drug-likeness (QED) is 0.0816. The van der Waals surface area contributed by atoms with Crippen molar-refractivity contribution >= 4 is 11.6 Å². The van der Waals surface area contributed by atoms with Crippen molar-refractivity contribution in [3.8, 4) is 0 Å². The molecule has 0 unspecified atom stereocenters. The van der Waals surface area contributed by atoms with Gasteiger partial charge in [0.1, 0.15) is 0 Å². The summed E-state index contributed by atoms with van der Waals surface area (Å²) in [6.07, 6.45) is -19.6. The predicted molar refractivity (Wildman–Crippen MR) is 174 cm³/mol. The van der Waals surface area contributed by atoms with Gasteiger partial charge in [0.15, 0.2) is 11.6 Å². The largest absolute Gasteiger partial charge is 0.460 e. The summed E-state index contributed by atoms with van der Waals surface area (Å²) in [5.74, 6) is -122. The van der Waals surface area contributed by atoms with Gasteiger partial charge in [0, 0.05) is 63.8 Å². The normalized spacial score (nSPS) is 21.6. The molecular formula is C36H20F34MnN2O2. The summed E-state index contributed by atoms with van der Waals surface area (Å²) >= 11 is 0. The first-order chi connectivity index (χ1) is 32.4. The standard InChI is InChI=1S/C36H20F34N2O2.Mn/c37-21(38,23(41,42)25(45,46)27(49,50)29(53,54)31(57,58)33(61,62)35(65,66)67)15-5-7-19(73)13(9-15)11-71-17-3-1-2-4-18(17)72-12-14-10-16(6-8-20(14)74)22(39,40)24(43,44)26(47,48)28(51,52)30(55,56)32(59,60)34(63,64)36(68,69)70;/h5-12,17-18,71-72H,1-4H2;/b13-11-,14-12-;/t17-,18-;/m1./s1. The van der Waals surface area contributed by atoms with E-state index in [2.05, 4.69) is 10.6 Å². The third-order valence-electron chi connectivity index (χ3n) is 10.9. The van der Waals surface area contributed by atoms with Gasteiger partial charge >= 0.3 is 95.3 Å². The van der Waals surface area contributed by atoms with Gasteiger partial charge in [0.05, 0.1) is 0 Å². The van der Waals surface area contributed by atoms with Crippen molar-refractivity contribution < 1.29 is 176 Å². The first-order valence-corrected chi connectivity index (χ1v) is 18.7. The zero-order valence-electron chi connectivity index (χ0n) is 34.6. The number of hydrogen-bond acceptors (Lipinski definition) is 4. The number of hydrogen-bond donors (Lipinski definition) is 2. The van der Waals surface area contributed by atoms with Crippen LogP contribution in [0.15, 0.2) is 71.1 Å². The molecule has 75 heavy (non-hydrogen) atoms. The van der Waals surface area contributed by atoms with Gasteiger partial charge in [0.2, 0.25) is 0 Å². The Morgan fingerprint density at radius 2 is 0.547 bits per heavy atom. The van der Waals surface area contributed by atoms with Gasteiger partial charge < -0.3 is 10.6 Å². The Labute approximate surface area is 402 Å². The van der Waals surface area contributed by atoms with Crippen LogP contribution in [0.5, 0.6) is 0 Å². The van der Waals surface area contributed by atoms with Gasteiger partial charge in [-0.3, -0.25) is 9.59 Å². The van der Waals surface area contributed by atoms with Gasteiger partial charge in [0.25, 0.3) is 0 Å². The molecule has 0 heterocycles. The van der Waals surface area contributed by atoms with Crippen molar-refractivity contribution in [3.63, 3.8) is 0 Å². The minimum atomic E-state index is -8.96. The second kappa shape index (κ2) is 19.5. The van der Waals surface area contributed by atoms with E-state index in [9.17, 15) is 159 Å². The number of carbonyl (C=O) groups excluding carboxylic acids is 2. The molecule has 0 aromatic carbocycles. The van der Waals surface area contributed by atoms with Gasteiger partial charge in [-0.05, 0) is 49.3 Å². The molecular weight excluding hydrogens is 1190 g/mol. The van der Waals surface area contributed by atoms with E-state index < -0.39 is 166 Å². The van der Waals surface area contributed by atoms with Gasteiger partial charge in [-0.25, -0.2) is 0 Å². The van der Waals surface area contributed by atoms with E-state index in [0.717, 1.165) is 0 Å². The van der Waals surface area contributed by atoms with E-state index in [1.807, 2.05) is 0 Å². The predicted octanol–water partition coefficient (Wildman–Crippen LogP) is 13.4. The van der Waals surface area contributed by atoms with Crippen molar-refractivity contribution in [2.24, 2.45) is 0 Å². The van der Waals surface area contributed by atoms with E-state index in [-0.39, 0.29) is 67.3 Å². The average molecular weight is 1210 g/mol. The maximum atomic E-state index is 15.0. The molecule has 0 aliphatic heterocycles. The molecule has 0 aromatic heterocycles. The molecule has 0 saturated heterocycles. The topological polar surface area (TPSA) is 58.2 Å². The molecule has 0 bridgehead atoms. The molecule has 431 valence electrons. The van der Waals surface area contributed by atoms with Crippen LogP contribution in [0.1, 0.15) is 25.7 Å². The van der Waals surface area contributed by atoms with Gasteiger partial charge in [-0.1, -0.05) is 12.8 Å². The van der Waals surface area contributed by atoms with E-state index in [4.69, 9.17) is 0 Å². The van der Waals surface area contributed by atoms with E-state index in [1.165, 1.54) is 0 Å². The third kappa shape index (κ3) is 9.73. The third-order valence-corrected chi connectivity index (χ3v) is 10.9. The van der Waals surface area contributed by atoms with Crippen LogP contribution >= 0.6 is 0 Å². The van der Waals surface area contributed by atoms with Crippen LogP contribution in [0.3, 0.4) is 0 Å². The summed E-state index contributed by atoms with van der Waals surface area (Å²) in [5, 5.41) is 4.22. The first kappa shape index (κ1) is 66.6. The van der Waals surface area contributed by atoms with Gasteiger partial charge in [-0.15, -0.1) is 0 Å². The molecule has 1 radical (unpaired) electrons. The van der Waals surface area contributed by atoms with Crippen LogP contribution in [-0.2, 0) is 26.7 Å². The SMILES string of the molecule is O=C1C=CC(C(F)(F)C(F)(F)C(F)(F)C(F)(F)C(F)(F)C(F)(F)C(F)(F)C(F)(F)F)=C/C1=C/N[C@@H]1CCCC[C@H]1N/C=C1/C=C(C(F)(F)C(F)(F)C(F)(F)C(F)(F)C(F)(F)C(F)(F)C(F)(F)C(F)(F)F)C=CC1=O.[Mn]. The van der Waals surface area contributed by atoms with Gasteiger partial charge in [-0.2, -0.15) is 149 Å². The number of allylic oxidation sites excluding steroid dienone is 10. The minimum absolute atomic E-state index is 0. The molecule has 1 saturated carbocycles. The molecule has 4 nitrogen and oxygen atoms in total. The fourth-order valence-corrected chi connectivity index (χ4v) is 6.33. The Morgan fingerprint density at radius 3 is 0.773 bits per heavy atom. The van der Waals surface area contributed by atoms with Crippen LogP contribution in [0.4, 0.5) is 149 Å². The molecule has 2 N–H and O–H groups in total. The Morgan fingerprint density at radius 1 is 0.333 bits per heavy atom. The van der Waals surface area contributed by atoms with E-state index >= 15 is 0 Å². The van der Waals surface area contributed by atoms with E-state index in [0.29, 0.717) is 0 Å². The van der Waals surface area contributed by atoms with Crippen LogP contribution < -0.4 is 10.6 Å². The Kier molecular flexibility index (Phi) is 17.3. The average Bonchev–Trinajstić information content (AvgIpc) is 3.24. The fourth-order valence-electron chi connectivity index (χ4n) is 6.33. The zero-order valence-corrected chi connectivity index (χ0v) is 35.8. The molecule has 2 atom stereocenters. The molecule has 3 rings (SSSR count). The number of alkyl halides is 34. The molecule has 39 heteroatoms. The zero-order chi connectivity index (χ0) is 58.5. The summed E-state index contributed by atoms with van der Waals surface area (Å²) in [6.45, 7) is 0. The maximum absolute atomic E-state index is 15.0. The minimum Gasteiger partial charge on any atom is -0.386 e. The number of rotatable bonds is 18. The summed E-state index contributed by atoms with van der Waals surface area (Å²) in [5.41, 5.74) is -8.62. The smallest absolute Gasteiger partial charge is 0.386 e. The van der Waals surface area contributed by atoms with Crippen LogP contribution in [0.25, 0.3) is 0 Å². The van der Waals surface area contributed by atoms with Crippen LogP contribution in [0.2, 0.25) is 0 Å². The van der Waals surface area contributed by atoms with Crippen molar-refractivity contribution in [1.29, 1.82) is 0 Å². The Bertz CT molecular complexity index is 2210. The monoisotopic (exact) mass is 1210 g/mol. The molecule has 3 aliphatic carbocycles. The van der Waals surface area contributed by atoms with Crippen LogP contribution in [-0.4, -0.2) is 119 Å². The van der Waals surface area contributed by atoms with Crippen molar-refractivity contribution in [3.05, 3.63) is 71.1 Å². The van der Waals surface area contributed by atoms with Crippen molar-refractivity contribution in [1.82, 2.24) is 10.6 Å². The number of carbonyl (C=O) groups is 2. The summed E-state index contributed by atoms with van der Waals surface area (Å²) in [4.78, 5) is 24.7. The number of nitrogens with one attached hydrogen (secondary N) is 2. The number of halogens is 34. The summed E-state index contributed by atoms with van der Waals surface area (Å²) in [6, 6.07) is -2.91. The van der Waals surface area contributed by atoms with Crippen LogP contribution in [0, 0.1) is 0 Å². The Balaban J connectivity index is 0.0000193. The second-order valence-electron chi connectivity index (χ2n) is 15.7. The molecule has 0 spiro atoms. The van der Waals surface area contributed by atoms with Crippen molar-refractivity contribution in [2.75, 3.05) is 0 Å². The maximum Gasteiger partial charge on any atom is 0.460 e. The molecule has 0 aromatic rings.